The summed E-state index contributed by atoms with van der Waals surface area (Å²) in [6.45, 7) is 2.95. The highest BCUT2D eigenvalue weighted by atomic mass is 32.2. The molecular weight excluding hydrogens is 442 g/mol. The number of carbonyl (C=O) groups is 2. The zero-order chi connectivity index (χ0) is 23.6. The van der Waals surface area contributed by atoms with Gasteiger partial charge in [-0.25, -0.2) is 13.6 Å². The number of aryl methyl sites for hydroxylation is 1. The number of rotatable bonds is 5. The fourth-order valence-electron chi connectivity index (χ4n) is 4.03. The van der Waals surface area contributed by atoms with Gasteiger partial charge in [-0.15, -0.1) is 0 Å². The van der Waals surface area contributed by atoms with Crippen LogP contribution in [0.2, 0.25) is 0 Å². The van der Waals surface area contributed by atoms with Gasteiger partial charge in [0.1, 0.15) is 0 Å². The molecule has 1 saturated heterocycles. The van der Waals surface area contributed by atoms with Crippen molar-refractivity contribution in [1.82, 2.24) is 4.90 Å². The third-order valence-corrected chi connectivity index (χ3v) is 6.83. The van der Waals surface area contributed by atoms with Crippen LogP contribution in [0.1, 0.15) is 50.8 Å². The summed E-state index contributed by atoms with van der Waals surface area (Å²) in [5.74, 6) is -0.146. The molecule has 33 heavy (non-hydrogen) atoms. The van der Waals surface area contributed by atoms with Gasteiger partial charge in [0.15, 0.2) is 5.76 Å². The minimum absolute atomic E-state index is 0.0993. The van der Waals surface area contributed by atoms with Crippen molar-refractivity contribution in [3.8, 4) is 0 Å². The minimum Gasteiger partial charge on any atom is -0.459 e. The van der Waals surface area contributed by atoms with Crippen molar-refractivity contribution in [2.24, 2.45) is 5.14 Å². The number of amides is 2. The average molecular weight is 468 g/mol. The molecule has 0 atom stereocenters. The second-order valence-corrected chi connectivity index (χ2v) is 9.71. The standard InChI is InChI=1S/C24H25N3O5S/c1-16-7-8-19(15-21(16)26-23(28)22-6-3-13-32-22)24(29)27-11-9-17(10-12-27)18-4-2-5-20(14-18)33(25,30)31/h2-8,13-15,17H,9-12H2,1H3,(H,26,28)(H2,25,30,31). The highest BCUT2D eigenvalue weighted by molar-refractivity contribution is 7.89. The highest BCUT2D eigenvalue weighted by Crippen LogP contribution is 2.30. The van der Waals surface area contributed by atoms with Crippen LogP contribution in [-0.4, -0.2) is 38.2 Å². The molecule has 0 bridgehead atoms. The molecule has 2 amide bonds. The maximum Gasteiger partial charge on any atom is 0.291 e. The van der Waals surface area contributed by atoms with Crippen LogP contribution in [-0.2, 0) is 10.0 Å². The molecule has 4 rings (SSSR count). The predicted molar refractivity (Wildman–Crippen MR) is 124 cm³/mol. The van der Waals surface area contributed by atoms with Gasteiger partial charge >= 0.3 is 0 Å². The number of anilines is 1. The van der Waals surface area contributed by atoms with Crippen molar-refractivity contribution >= 4 is 27.5 Å². The summed E-state index contributed by atoms with van der Waals surface area (Å²) in [7, 11) is -3.76. The number of nitrogens with two attached hydrogens (primary N) is 1. The van der Waals surface area contributed by atoms with Crippen LogP contribution in [0, 0.1) is 6.92 Å². The van der Waals surface area contributed by atoms with Gasteiger partial charge in [-0.05, 0) is 73.2 Å². The molecule has 1 aliphatic heterocycles. The number of benzene rings is 2. The first-order valence-corrected chi connectivity index (χ1v) is 12.1. The predicted octanol–water partition coefficient (Wildman–Crippen LogP) is 3.51. The molecule has 0 aliphatic carbocycles. The third-order valence-electron chi connectivity index (χ3n) is 5.92. The molecule has 1 aromatic heterocycles. The molecule has 0 saturated carbocycles. The highest BCUT2D eigenvalue weighted by Gasteiger charge is 2.26. The number of carbonyl (C=O) groups excluding carboxylic acids is 2. The van der Waals surface area contributed by atoms with E-state index in [9.17, 15) is 18.0 Å². The second-order valence-electron chi connectivity index (χ2n) is 8.15. The molecule has 8 nitrogen and oxygen atoms in total. The van der Waals surface area contributed by atoms with Gasteiger partial charge in [0, 0.05) is 24.3 Å². The Morgan fingerprint density at radius 2 is 1.82 bits per heavy atom. The minimum atomic E-state index is -3.76. The summed E-state index contributed by atoms with van der Waals surface area (Å²) in [6, 6.07) is 15.1. The zero-order valence-corrected chi connectivity index (χ0v) is 19.0. The van der Waals surface area contributed by atoms with E-state index in [1.165, 1.54) is 12.3 Å². The first kappa shape index (κ1) is 22.8. The summed E-state index contributed by atoms with van der Waals surface area (Å²) >= 11 is 0. The SMILES string of the molecule is Cc1ccc(C(=O)N2CCC(c3cccc(S(N)(=O)=O)c3)CC2)cc1NC(=O)c1ccco1. The van der Waals surface area contributed by atoms with Crippen molar-refractivity contribution < 1.29 is 22.4 Å². The molecule has 3 aromatic rings. The Morgan fingerprint density at radius 3 is 2.48 bits per heavy atom. The number of nitrogens with zero attached hydrogens (tertiary/aromatic N) is 1. The van der Waals surface area contributed by atoms with E-state index in [4.69, 9.17) is 9.56 Å². The van der Waals surface area contributed by atoms with E-state index in [0.717, 1.165) is 11.1 Å². The first-order valence-electron chi connectivity index (χ1n) is 10.6. The molecule has 0 unspecified atom stereocenters. The summed E-state index contributed by atoms with van der Waals surface area (Å²) in [5.41, 5.74) is 2.79. The Balaban J connectivity index is 1.43. The van der Waals surface area contributed by atoms with E-state index in [-0.39, 0.29) is 28.4 Å². The number of hydrogen-bond acceptors (Lipinski definition) is 5. The summed E-state index contributed by atoms with van der Waals surface area (Å²) in [4.78, 5) is 27.3. The molecular formula is C24H25N3O5S. The summed E-state index contributed by atoms with van der Waals surface area (Å²) < 4.78 is 28.4. The lowest BCUT2D eigenvalue weighted by Gasteiger charge is -2.32. The summed E-state index contributed by atoms with van der Waals surface area (Å²) in [6.07, 6.45) is 2.86. The largest absolute Gasteiger partial charge is 0.459 e. The first-order chi connectivity index (χ1) is 15.7. The number of sulfonamides is 1. The topological polar surface area (TPSA) is 123 Å². The van der Waals surface area contributed by atoms with Gasteiger partial charge in [-0.3, -0.25) is 9.59 Å². The van der Waals surface area contributed by atoms with Crippen LogP contribution in [0.5, 0.6) is 0 Å². The molecule has 9 heteroatoms. The van der Waals surface area contributed by atoms with Crippen molar-refractivity contribution in [2.75, 3.05) is 18.4 Å². The van der Waals surface area contributed by atoms with Gasteiger partial charge in [0.05, 0.1) is 11.2 Å². The fourth-order valence-corrected chi connectivity index (χ4v) is 4.59. The number of nitrogens with one attached hydrogen (secondary N) is 1. The van der Waals surface area contributed by atoms with Crippen LogP contribution < -0.4 is 10.5 Å². The fraction of sp³-hybridized carbons (Fsp3) is 0.250. The molecule has 3 N–H and O–H groups in total. The Morgan fingerprint density at radius 1 is 1.06 bits per heavy atom. The molecule has 2 heterocycles. The zero-order valence-electron chi connectivity index (χ0n) is 18.2. The lowest BCUT2D eigenvalue weighted by atomic mass is 9.89. The summed E-state index contributed by atoms with van der Waals surface area (Å²) in [5, 5.41) is 8.04. The van der Waals surface area contributed by atoms with Crippen LogP contribution in [0.4, 0.5) is 5.69 Å². The van der Waals surface area contributed by atoms with Crippen molar-refractivity contribution in [3.63, 3.8) is 0 Å². The molecule has 2 aromatic carbocycles. The van der Waals surface area contributed by atoms with Gasteiger partial charge < -0.3 is 14.6 Å². The average Bonchev–Trinajstić information content (AvgIpc) is 3.35. The van der Waals surface area contributed by atoms with E-state index in [1.54, 1.807) is 47.4 Å². The van der Waals surface area contributed by atoms with Gasteiger partial charge in [-0.1, -0.05) is 18.2 Å². The molecule has 1 fully saturated rings. The van der Waals surface area contributed by atoms with Gasteiger partial charge in [0.25, 0.3) is 11.8 Å². The maximum absolute atomic E-state index is 13.1. The second kappa shape index (κ2) is 9.21. The molecule has 0 radical (unpaired) electrons. The normalized spacial score (nSPS) is 14.8. The number of primary sulfonamides is 1. The van der Waals surface area contributed by atoms with Crippen molar-refractivity contribution in [1.29, 1.82) is 0 Å². The van der Waals surface area contributed by atoms with E-state index in [0.29, 0.717) is 37.2 Å². The van der Waals surface area contributed by atoms with Crippen LogP contribution >= 0.6 is 0 Å². The van der Waals surface area contributed by atoms with E-state index in [1.807, 2.05) is 13.0 Å². The quantitative estimate of drug-likeness (QED) is 0.594. The Labute approximate surface area is 192 Å². The maximum atomic E-state index is 13.1. The van der Waals surface area contributed by atoms with Crippen molar-refractivity contribution in [3.05, 3.63) is 83.3 Å². The lowest BCUT2D eigenvalue weighted by Crippen LogP contribution is -2.38. The smallest absolute Gasteiger partial charge is 0.291 e. The number of hydrogen-bond donors (Lipinski definition) is 2. The number of likely N-dealkylation sites (tertiary alicyclic amines) is 1. The number of piperidine rings is 1. The molecule has 0 spiro atoms. The third kappa shape index (κ3) is 5.15. The lowest BCUT2D eigenvalue weighted by molar-refractivity contribution is 0.0712. The van der Waals surface area contributed by atoms with Crippen LogP contribution in [0.25, 0.3) is 0 Å². The Bertz CT molecular complexity index is 1280. The van der Waals surface area contributed by atoms with Crippen molar-refractivity contribution in [2.45, 2.75) is 30.6 Å². The molecule has 172 valence electrons. The Kier molecular flexibility index (Phi) is 6.35. The number of furan rings is 1. The Hall–Kier alpha value is -3.43. The van der Waals surface area contributed by atoms with E-state index < -0.39 is 10.0 Å². The van der Waals surface area contributed by atoms with E-state index >= 15 is 0 Å². The van der Waals surface area contributed by atoms with Crippen LogP contribution in [0.3, 0.4) is 0 Å². The van der Waals surface area contributed by atoms with Gasteiger partial charge in [-0.2, -0.15) is 0 Å². The monoisotopic (exact) mass is 467 g/mol. The van der Waals surface area contributed by atoms with Crippen LogP contribution in [0.15, 0.2) is 70.2 Å². The van der Waals surface area contributed by atoms with E-state index in [2.05, 4.69) is 5.32 Å². The van der Waals surface area contributed by atoms with Gasteiger partial charge in [0.2, 0.25) is 10.0 Å². The molecule has 1 aliphatic rings.